The molecule has 0 heterocycles. The quantitative estimate of drug-likeness (QED) is 0.0391. The van der Waals surface area contributed by atoms with Crippen LogP contribution in [-0.4, -0.2) is 37.2 Å². The molecular weight excluding hydrogens is 576 g/mol. The second-order valence-electron chi connectivity index (χ2n) is 14.5. The van der Waals surface area contributed by atoms with Crippen LogP contribution in [-0.2, 0) is 28.6 Å². The second kappa shape index (κ2) is 33.3. The molecule has 0 unspecified atom stereocenters. The van der Waals surface area contributed by atoms with Crippen LogP contribution in [0.2, 0.25) is 0 Å². The van der Waals surface area contributed by atoms with E-state index >= 15 is 0 Å². The highest BCUT2D eigenvalue weighted by Crippen LogP contribution is 2.15. The van der Waals surface area contributed by atoms with E-state index in [2.05, 4.69) is 34.6 Å². The van der Waals surface area contributed by atoms with Gasteiger partial charge in [-0.05, 0) is 31.1 Å². The Labute approximate surface area is 285 Å². The first kappa shape index (κ1) is 44.4. The van der Waals surface area contributed by atoms with Gasteiger partial charge in [0.05, 0.1) is 0 Å². The molecule has 0 aliphatic carbocycles. The third-order valence-corrected chi connectivity index (χ3v) is 8.72. The molecule has 272 valence electrons. The Morgan fingerprint density at radius 3 is 1.07 bits per heavy atom. The lowest BCUT2D eigenvalue weighted by Gasteiger charge is -2.18. The van der Waals surface area contributed by atoms with Crippen LogP contribution >= 0.6 is 0 Å². The first-order chi connectivity index (χ1) is 22.2. The molecule has 0 aliphatic heterocycles. The fraction of sp³-hybridized carbons (Fsp3) is 0.925. The molecule has 0 aromatic carbocycles. The van der Waals surface area contributed by atoms with E-state index in [0.29, 0.717) is 19.3 Å². The zero-order chi connectivity index (χ0) is 34.1. The Morgan fingerprint density at radius 1 is 0.413 bits per heavy atom. The Balaban J connectivity index is 4.23. The highest BCUT2D eigenvalue weighted by atomic mass is 16.6. The van der Waals surface area contributed by atoms with E-state index in [-0.39, 0.29) is 31.1 Å². The lowest BCUT2D eigenvalue weighted by molar-refractivity contribution is -0.167. The van der Waals surface area contributed by atoms with Crippen LogP contribution in [0.15, 0.2) is 0 Å². The lowest BCUT2D eigenvalue weighted by atomic mass is 10.0. The molecule has 0 N–H and O–H groups in total. The summed E-state index contributed by atoms with van der Waals surface area (Å²) in [7, 11) is 0. The Morgan fingerprint density at radius 2 is 0.717 bits per heavy atom. The lowest BCUT2D eigenvalue weighted by Crippen LogP contribution is -2.30. The van der Waals surface area contributed by atoms with Crippen molar-refractivity contribution < 1.29 is 28.6 Å². The van der Waals surface area contributed by atoms with Crippen molar-refractivity contribution in [2.45, 2.75) is 214 Å². The summed E-state index contributed by atoms with van der Waals surface area (Å²) in [6, 6.07) is 0. The number of ether oxygens (including phenoxy) is 3. The van der Waals surface area contributed by atoms with Gasteiger partial charge in [-0.25, -0.2) is 0 Å². The van der Waals surface area contributed by atoms with E-state index < -0.39 is 6.10 Å². The Hall–Kier alpha value is -1.59. The van der Waals surface area contributed by atoms with Crippen molar-refractivity contribution in [2.75, 3.05) is 13.2 Å². The number of hydrogen-bond acceptors (Lipinski definition) is 6. The van der Waals surface area contributed by atoms with Gasteiger partial charge in [-0.2, -0.15) is 0 Å². The Kier molecular flexibility index (Phi) is 32.2. The monoisotopic (exact) mass is 653 g/mol. The minimum absolute atomic E-state index is 0.0678. The minimum atomic E-state index is -0.758. The molecule has 0 bridgehead atoms. The van der Waals surface area contributed by atoms with E-state index in [4.69, 9.17) is 14.2 Å². The summed E-state index contributed by atoms with van der Waals surface area (Å²) >= 11 is 0. The van der Waals surface area contributed by atoms with Gasteiger partial charge in [0.2, 0.25) is 0 Å². The molecule has 0 spiro atoms. The maximum atomic E-state index is 12.5. The molecule has 6 heteroatoms. The van der Waals surface area contributed by atoms with Gasteiger partial charge in [-0.3, -0.25) is 14.4 Å². The summed E-state index contributed by atoms with van der Waals surface area (Å²) in [6.45, 7) is 11.2. The highest BCUT2D eigenvalue weighted by Gasteiger charge is 2.19. The molecule has 0 amide bonds. The molecule has 0 rings (SSSR count). The fourth-order valence-electron chi connectivity index (χ4n) is 5.69. The smallest absolute Gasteiger partial charge is 0.306 e. The zero-order valence-corrected chi connectivity index (χ0v) is 31.2. The summed E-state index contributed by atoms with van der Waals surface area (Å²) in [5.41, 5.74) is 0. The fourth-order valence-corrected chi connectivity index (χ4v) is 5.69. The van der Waals surface area contributed by atoms with E-state index in [9.17, 15) is 14.4 Å². The summed E-state index contributed by atoms with van der Waals surface area (Å²) in [4.78, 5) is 37.2. The van der Waals surface area contributed by atoms with E-state index in [1.54, 1.807) is 0 Å². The summed E-state index contributed by atoms with van der Waals surface area (Å²) in [5.74, 6) is 0.702. The second-order valence-corrected chi connectivity index (χ2v) is 14.5. The van der Waals surface area contributed by atoms with Crippen molar-refractivity contribution in [2.24, 2.45) is 11.8 Å². The van der Waals surface area contributed by atoms with Crippen molar-refractivity contribution in [3.05, 3.63) is 0 Å². The van der Waals surface area contributed by atoms with Gasteiger partial charge in [0.25, 0.3) is 0 Å². The average molecular weight is 653 g/mol. The SMILES string of the molecule is CCCCCCCC(=O)OC[C@H](COC(=O)CCCCCCCCCCCCCC(C)C)OC(=O)CCCCCCCCC(C)C. The van der Waals surface area contributed by atoms with E-state index in [0.717, 1.165) is 76.0 Å². The van der Waals surface area contributed by atoms with Crippen molar-refractivity contribution in [3.8, 4) is 0 Å². The van der Waals surface area contributed by atoms with Crippen molar-refractivity contribution in [1.82, 2.24) is 0 Å². The van der Waals surface area contributed by atoms with Gasteiger partial charge >= 0.3 is 17.9 Å². The van der Waals surface area contributed by atoms with E-state index in [1.807, 2.05) is 0 Å². The topological polar surface area (TPSA) is 78.9 Å². The number of carbonyl (C=O) groups is 3. The molecular formula is C40H76O6. The van der Waals surface area contributed by atoms with Gasteiger partial charge in [0.1, 0.15) is 13.2 Å². The van der Waals surface area contributed by atoms with Gasteiger partial charge in [0, 0.05) is 19.3 Å². The number of hydrogen-bond donors (Lipinski definition) is 0. The first-order valence-corrected chi connectivity index (χ1v) is 19.7. The van der Waals surface area contributed by atoms with Crippen molar-refractivity contribution in [1.29, 1.82) is 0 Å². The van der Waals surface area contributed by atoms with Gasteiger partial charge in [0.15, 0.2) is 6.10 Å². The third-order valence-electron chi connectivity index (χ3n) is 8.72. The number of unbranched alkanes of at least 4 members (excludes halogenated alkanes) is 19. The number of rotatable bonds is 34. The first-order valence-electron chi connectivity index (χ1n) is 19.7. The third kappa shape index (κ3) is 33.8. The normalized spacial score (nSPS) is 12.1. The van der Waals surface area contributed by atoms with Crippen LogP contribution in [0.4, 0.5) is 0 Å². The molecule has 0 saturated heterocycles. The van der Waals surface area contributed by atoms with Gasteiger partial charge in [-0.15, -0.1) is 0 Å². The zero-order valence-electron chi connectivity index (χ0n) is 31.2. The molecule has 0 aromatic heterocycles. The van der Waals surface area contributed by atoms with Gasteiger partial charge < -0.3 is 14.2 Å². The van der Waals surface area contributed by atoms with Crippen LogP contribution in [0, 0.1) is 11.8 Å². The molecule has 0 fully saturated rings. The summed E-state index contributed by atoms with van der Waals surface area (Å²) in [6.07, 6.45) is 28.5. The van der Waals surface area contributed by atoms with Gasteiger partial charge in [-0.1, -0.05) is 169 Å². The number of carbonyl (C=O) groups excluding carboxylic acids is 3. The van der Waals surface area contributed by atoms with Crippen LogP contribution in [0.25, 0.3) is 0 Å². The highest BCUT2D eigenvalue weighted by molar-refractivity contribution is 5.71. The van der Waals surface area contributed by atoms with Crippen molar-refractivity contribution in [3.63, 3.8) is 0 Å². The largest absolute Gasteiger partial charge is 0.462 e. The molecule has 0 saturated carbocycles. The maximum Gasteiger partial charge on any atom is 0.306 e. The molecule has 1 atom stereocenters. The van der Waals surface area contributed by atoms with Crippen LogP contribution in [0.3, 0.4) is 0 Å². The van der Waals surface area contributed by atoms with Crippen LogP contribution in [0.1, 0.15) is 208 Å². The Bertz CT molecular complexity index is 704. The maximum absolute atomic E-state index is 12.5. The van der Waals surface area contributed by atoms with Crippen LogP contribution in [0.5, 0.6) is 0 Å². The molecule has 0 radical (unpaired) electrons. The predicted octanol–water partition coefficient (Wildman–Crippen LogP) is 11.8. The standard InChI is InChI=1S/C40H76O6/c1-6-7-8-18-25-30-38(41)44-33-37(46-40(43)32-27-22-17-16-20-24-29-36(4)5)34-45-39(42)31-26-21-15-13-11-9-10-12-14-19-23-28-35(2)3/h35-37H,6-34H2,1-5H3/t37-/m1/s1. The minimum Gasteiger partial charge on any atom is -0.462 e. The van der Waals surface area contributed by atoms with E-state index in [1.165, 1.54) is 89.9 Å². The van der Waals surface area contributed by atoms with Crippen molar-refractivity contribution >= 4 is 17.9 Å². The predicted molar refractivity (Wildman–Crippen MR) is 192 cm³/mol. The van der Waals surface area contributed by atoms with Crippen LogP contribution < -0.4 is 0 Å². The molecule has 0 aromatic rings. The summed E-state index contributed by atoms with van der Waals surface area (Å²) in [5, 5.41) is 0. The molecule has 46 heavy (non-hydrogen) atoms. The average Bonchev–Trinajstić information content (AvgIpc) is 3.01. The molecule has 6 nitrogen and oxygen atoms in total. The molecule has 0 aliphatic rings. The number of esters is 3. The summed E-state index contributed by atoms with van der Waals surface area (Å²) < 4.78 is 16.5.